The molecule has 29 heavy (non-hydrogen) atoms. The van der Waals surface area contributed by atoms with E-state index in [1.54, 1.807) is 11.1 Å². The first-order chi connectivity index (χ1) is 13.7. The maximum atomic E-state index is 10.2. The van der Waals surface area contributed by atoms with Crippen LogP contribution in [0.2, 0.25) is 0 Å². The normalized spacial score (nSPS) is 42.2. The van der Waals surface area contributed by atoms with Gasteiger partial charge in [0.05, 0.1) is 6.10 Å². The third kappa shape index (κ3) is 3.50. The number of aliphatic hydroxyl groups excluding tert-OH is 1. The second-order valence-corrected chi connectivity index (χ2v) is 11.8. The molecule has 0 amide bonds. The summed E-state index contributed by atoms with van der Waals surface area (Å²) >= 11 is 0. The molecule has 0 bridgehead atoms. The first kappa shape index (κ1) is 21.4. The molecular weight excluding hydrogens is 352 g/mol. The lowest BCUT2D eigenvalue weighted by atomic mass is 9.50. The Kier molecular flexibility index (Phi) is 5.69. The molecule has 4 rings (SSSR count). The lowest BCUT2D eigenvalue weighted by Gasteiger charge is -2.55. The summed E-state index contributed by atoms with van der Waals surface area (Å²) in [5.41, 5.74) is 7.24. The summed E-state index contributed by atoms with van der Waals surface area (Å²) < 4.78 is 0. The molecule has 3 saturated carbocycles. The molecule has 0 saturated heterocycles. The zero-order valence-corrected chi connectivity index (χ0v) is 19.9. The standard InChI is InChI=1S/C28H44O/c1-18(2)19(3)7-8-20(4)24-11-12-25-23-10-9-21-17-22(29)13-15-27(21,5)26(23)14-16-28(24,25)6/h9-10,20,22,24-26,29H,7-8,11-17H2,1-6H3. The summed E-state index contributed by atoms with van der Waals surface area (Å²) in [7, 11) is 0. The van der Waals surface area contributed by atoms with Gasteiger partial charge in [0.1, 0.15) is 0 Å². The van der Waals surface area contributed by atoms with Crippen molar-refractivity contribution in [3.63, 3.8) is 0 Å². The molecule has 0 heterocycles. The molecule has 7 unspecified atom stereocenters. The van der Waals surface area contributed by atoms with E-state index >= 15 is 0 Å². The molecule has 0 spiro atoms. The first-order valence-corrected chi connectivity index (χ1v) is 12.4. The van der Waals surface area contributed by atoms with Crippen LogP contribution in [0.4, 0.5) is 0 Å². The van der Waals surface area contributed by atoms with Gasteiger partial charge in [-0.15, -0.1) is 0 Å². The van der Waals surface area contributed by atoms with E-state index in [9.17, 15) is 5.11 Å². The van der Waals surface area contributed by atoms with Gasteiger partial charge in [0.2, 0.25) is 0 Å². The second kappa shape index (κ2) is 7.70. The average Bonchev–Trinajstić information content (AvgIpc) is 3.03. The van der Waals surface area contributed by atoms with Gasteiger partial charge in [0, 0.05) is 0 Å². The van der Waals surface area contributed by atoms with Crippen molar-refractivity contribution in [1.29, 1.82) is 0 Å². The van der Waals surface area contributed by atoms with Gasteiger partial charge in [-0.25, -0.2) is 0 Å². The molecule has 4 aliphatic rings. The van der Waals surface area contributed by atoms with Crippen LogP contribution in [-0.4, -0.2) is 11.2 Å². The van der Waals surface area contributed by atoms with E-state index in [0.717, 1.165) is 36.5 Å². The lowest BCUT2D eigenvalue weighted by Crippen LogP contribution is -2.46. The van der Waals surface area contributed by atoms with Gasteiger partial charge in [-0.3, -0.25) is 0 Å². The predicted octanol–water partition coefficient (Wildman–Crippen LogP) is 7.62. The second-order valence-electron chi connectivity index (χ2n) is 11.8. The maximum Gasteiger partial charge on any atom is 0.0578 e. The fourth-order valence-corrected chi connectivity index (χ4v) is 7.85. The van der Waals surface area contributed by atoms with E-state index < -0.39 is 0 Å². The number of rotatable bonds is 4. The van der Waals surface area contributed by atoms with Crippen molar-refractivity contribution < 1.29 is 5.11 Å². The molecule has 1 nitrogen and oxygen atoms in total. The number of hydrogen-bond donors (Lipinski definition) is 1. The molecule has 0 radical (unpaired) electrons. The molecule has 0 aromatic heterocycles. The van der Waals surface area contributed by atoms with Crippen molar-refractivity contribution in [2.45, 2.75) is 105 Å². The molecule has 7 atom stereocenters. The maximum absolute atomic E-state index is 10.2. The fourth-order valence-electron chi connectivity index (χ4n) is 7.85. The highest BCUT2D eigenvalue weighted by atomic mass is 16.3. The van der Waals surface area contributed by atoms with Gasteiger partial charge < -0.3 is 5.11 Å². The third-order valence-corrected chi connectivity index (χ3v) is 10.1. The van der Waals surface area contributed by atoms with E-state index in [0.29, 0.717) is 10.8 Å². The smallest absolute Gasteiger partial charge is 0.0578 e. The van der Waals surface area contributed by atoms with Crippen molar-refractivity contribution in [3.8, 4) is 0 Å². The van der Waals surface area contributed by atoms with Crippen LogP contribution in [0.5, 0.6) is 0 Å². The summed E-state index contributed by atoms with van der Waals surface area (Å²) in [6.45, 7) is 14.5. The number of fused-ring (bicyclic) bond motifs is 5. The molecule has 3 fully saturated rings. The zero-order valence-electron chi connectivity index (χ0n) is 19.9. The number of aliphatic hydroxyl groups is 1. The van der Waals surface area contributed by atoms with Crippen molar-refractivity contribution in [2.24, 2.45) is 34.5 Å². The number of hydrogen-bond acceptors (Lipinski definition) is 1. The van der Waals surface area contributed by atoms with Gasteiger partial charge in [-0.05, 0) is 113 Å². The minimum atomic E-state index is -0.112. The van der Waals surface area contributed by atoms with Gasteiger partial charge in [-0.2, -0.15) is 0 Å². The third-order valence-electron chi connectivity index (χ3n) is 10.1. The molecule has 1 heteroatoms. The van der Waals surface area contributed by atoms with E-state index in [4.69, 9.17) is 0 Å². The molecule has 0 aliphatic heterocycles. The highest BCUT2D eigenvalue weighted by Crippen LogP contribution is 2.66. The topological polar surface area (TPSA) is 20.2 Å². The fraction of sp³-hybridized carbons (Fsp3) is 0.786. The lowest BCUT2D eigenvalue weighted by molar-refractivity contribution is 0.0327. The molecule has 4 aliphatic carbocycles. The van der Waals surface area contributed by atoms with Gasteiger partial charge in [-0.1, -0.05) is 55.2 Å². The van der Waals surface area contributed by atoms with Crippen LogP contribution in [-0.2, 0) is 0 Å². The van der Waals surface area contributed by atoms with Gasteiger partial charge >= 0.3 is 0 Å². The van der Waals surface area contributed by atoms with Crippen molar-refractivity contribution in [2.75, 3.05) is 0 Å². The van der Waals surface area contributed by atoms with Crippen LogP contribution in [0.1, 0.15) is 99.3 Å². The zero-order chi connectivity index (χ0) is 21.0. The molecule has 1 N–H and O–H groups in total. The number of allylic oxidation sites excluding steroid dienone is 5. The van der Waals surface area contributed by atoms with Crippen molar-refractivity contribution in [3.05, 3.63) is 34.4 Å². The van der Waals surface area contributed by atoms with E-state index in [1.807, 2.05) is 0 Å². The Morgan fingerprint density at radius 1 is 1.03 bits per heavy atom. The van der Waals surface area contributed by atoms with E-state index in [2.05, 4.69) is 53.7 Å². The van der Waals surface area contributed by atoms with Crippen LogP contribution in [0.25, 0.3) is 0 Å². The Bertz CT molecular complexity index is 735. The van der Waals surface area contributed by atoms with Crippen molar-refractivity contribution >= 4 is 0 Å². The molecule has 0 aromatic carbocycles. The highest BCUT2D eigenvalue weighted by Gasteiger charge is 2.56. The van der Waals surface area contributed by atoms with E-state index in [1.165, 1.54) is 56.1 Å². The summed E-state index contributed by atoms with van der Waals surface area (Å²) in [6, 6.07) is 0. The summed E-state index contributed by atoms with van der Waals surface area (Å²) in [5.74, 6) is 3.23. The van der Waals surface area contributed by atoms with Crippen LogP contribution in [0.15, 0.2) is 34.4 Å². The quantitative estimate of drug-likeness (QED) is 0.484. The van der Waals surface area contributed by atoms with Gasteiger partial charge in [0.25, 0.3) is 0 Å². The summed E-state index contributed by atoms with van der Waals surface area (Å²) in [6.07, 6.45) is 16.1. The van der Waals surface area contributed by atoms with E-state index in [-0.39, 0.29) is 6.10 Å². The molecule has 0 aromatic rings. The monoisotopic (exact) mass is 396 g/mol. The predicted molar refractivity (Wildman–Crippen MR) is 124 cm³/mol. The summed E-state index contributed by atoms with van der Waals surface area (Å²) in [4.78, 5) is 0. The minimum Gasteiger partial charge on any atom is -0.393 e. The molecular formula is C28H44O. The van der Waals surface area contributed by atoms with Crippen molar-refractivity contribution in [1.82, 2.24) is 0 Å². The Hall–Kier alpha value is -0.820. The van der Waals surface area contributed by atoms with Crippen LogP contribution in [0.3, 0.4) is 0 Å². The Morgan fingerprint density at radius 2 is 1.79 bits per heavy atom. The van der Waals surface area contributed by atoms with Crippen LogP contribution in [0, 0.1) is 34.5 Å². The minimum absolute atomic E-state index is 0.112. The first-order valence-electron chi connectivity index (χ1n) is 12.4. The largest absolute Gasteiger partial charge is 0.393 e. The average molecular weight is 397 g/mol. The summed E-state index contributed by atoms with van der Waals surface area (Å²) in [5, 5.41) is 10.2. The molecule has 162 valence electrons. The van der Waals surface area contributed by atoms with Crippen LogP contribution < -0.4 is 0 Å². The Balaban J connectivity index is 1.54. The van der Waals surface area contributed by atoms with Gasteiger partial charge in [0.15, 0.2) is 0 Å². The Morgan fingerprint density at radius 3 is 2.52 bits per heavy atom. The van der Waals surface area contributed by atoms with Crippen LogP contribution >= 0.6 is 0 Å². The Labute approximate surface area is 179 Å². The highest BCUT2D eigenvalue weighted by molar-refractivity contribution is 5.38. The SMILES string of the molecule is CC(C)=C(C)CCC(C)C1CCC2C3=CC=C4CC(O)CCC4(C)C3CCC21C.